The summed E-state index contributed by atoms with van der Waals surface area (Å²) in [6.07, 6.45) is 0.887. The van der Waals surface area contributed by atoms with Crippen LogP contribution in [0.1, 0.15) is 29.9 Å². The lowest BCUT2D eigenvalue weighted by Crippen LogP contribution is -2.25. The zero-order valence-corrected chi connectivity index (χ0v) is 15.6. The van der Waals surface area contributed by atoms with Gasteiger partial charge >= 0.3 is 0 Å². The van der Waals surface area contributed by atoms with Crippen LogP contribution in [0.3, 0.4) is 0 Å². The summed E-state index contributed by atoms with van der Waals surface area (Å²) in [4.78, 5) is 28.0. The van der Waals surface area contributed by atoms with Gasteiger partial charge in [0.2, 0.25) is 0 Å². The van der Waals surface area contributed by atoms with E-state index in [1.807, 2.05) is 0 Å². The van der Waals surface area contributed by atoms with E-state index < -0.39 is 0 Å². The zero-order valence-electron chi connectivity index (χ0n) is 13.2. The lowest BCUT2D eigenvalue weighted by Gasteiger charge is -2.07. The van der Waals surface area contributed by atoms with Crippen molar-refractivity contribution in [2.24, 2.45) is 5.92 Å². The maximum atomic E-state index is 12.5. The van der Waals surface area contributed by atoms with Crippen LogP contribution in [0.25, 0.3) is 16.6 Å². The van der Waals surface area contributed by atoms with E-state index in [1.54, 1.807) is 22.6 Å². The van der Waals surface area contributed by atoms with Crippen LogP contribution in [-0.4, -0.2) is 21.8 Å². The van der Waals surface area contributed by atoms with Gasteiger partial charge < -0.3 is 10.3 Å². The average Bonchev–Trinajstić information content (AvgIpc) is 2.83. The standard InChI is InChI=1S/C16H16ClN3O2S2/c1-8(2)5-6-18-15(22)12-13-19-14(21)10-4-3-9(17)7-11(10)20(13)16(23)24-12/h3-4,7-8H,5-6H2,1-2H3,(H,18,22)(H,19,21). The molecule has 0 spiro atoms. The van der Waals surface area contributed by atoms with Gasteiger partial charge in [-0.1, -0.05) is 36.8 Å². The fourth-order valence-corrected chi connectivity index (χ4v) is 3.94. The van der Waals surface area contributed by atoms with Crippen molar-refractivity contribution < 1.29 is 4.79 Å². The minimum Gasteiger partial charge on any atom is -0.351 e. The first-order valence-corrected chi connectivity index (χ1v) is 9.14. The molecule has 126 valence electrons. The highest BCUT2D eigenvalue weighted by Crippen LogP contribution is 2.24. The number of nitrogens with zero attached hydrogens (tertiary/aromatic N) is 1. The van der Waals surface area contributed by atoms with Crippen LogP contribution in [0.5, 0.6) is 0 Å². The van der Waals surface area contributed by atoms with Crippen LogP contribution in [0, 0.1) is 9.87 Å². The Morgan fingerprint density at radius 1 is 1.46 bits per heavy atom. The number of hydrogen-bond donors (Lipinski definition) is 2. The molecule has 0 bridgehead atoms. The number of aromatic nitrogens is 2. The Balaban J connectivity index is 2.15. The molecule has 0 aliphatic carbocycles. The third-order valence-corrected chi connectivity index (χ3v) is 5.31. The van der Waals surface area contributed by atoms with Gasteiger partial charge in [-0.3, -0.25) is 14.0 Å². The van der Waals surface area contributed by atoms with Crippen molar-refractivity contribution >= 4 is 57.6 Å². The molecule has 0 saturated heterocycles. The number of H-pyrrole nitrogens is 1. The maximum absolute atomic E-state index is 12.5. The minimum atomic E-state index is -0.273. The highest BCUT2D eigenvalue weighted by molar-refractivity contribution is 7.73. The highest BCUT2D eigenvalue weighted by atomic mass is 35.5. The largest absolute Gasteiger partial charge is 0.351 e. The summed E-state index contributed by atoms with van der Waals surface area (Å²) < 4.78 is 2.18. The van der Waals surface area contributed by atoms with Crippen molar-refractivity contribution in [2.45, 2.75) is 20.3 Å². The average molecular weight is 382 g/mol. The lowest BCUT2D eigenvalue weighted by atomic mass is 10.1. The highest BCUT2D eigenvalue weighted by Gasteiger charge is 2.17. The molecule has 0 aliphatic rings. The van der Waals surface area contributed by atoms with Gasteiger partial charge in [0.1, 0.15) is 10.5 Å². The number of nitrogens with one attached hydrogen (secondary N) is 2. The number of carbonyl (C=O) groups excluding carboxylic acids is 1. The molecule has 0 saturated carbocycles. The summed E-state index contributed by atoms with van der Waals surface area (Å²) in [6, 6.07) is 4.99. The molecule has 24 heavy (non-hydrogen) atoms. The first-order valence-electron chi connectivity index (χ1n) is 7.53. The van der Waals surface area contributed by atoms with Gasteiger partial charge in [0, 0.05) is 11.6 Å². The molecule has 0 aliphatic heterocycles. The van der Waals surface area contributed by atoms with Crippen molar-refractivity contribution in [1.29, 1.82) is 0 Å². The third kappa shape index (κ3) is 3.11. The van der Waals surface area contributed by atoms with Crippen molar-refractivity contribution in [3.8, 4) is 0 Å². The summed E-state index contributed by atoms with van der Waals surface area (Å²) in [7, 11) is 0. The van der Waals surface area contributed by atoms with Crippen LogP contribution < -0.4 is 10.9 Å². The van der Waals surface area contributed by atoms with Gasteiger partial charge in [0.25, 0.3) is 11.5 Å². The molecule has 2 heterocycles. The molecule has 0 atom stereocenters. The van der Waals surface area contributed by atoms with Gasteiger partial charge in [-0.15, -0.1) is 0 Å². The molecule has 2 aromatic heterocycles. The monoisotopic (exact) mass is 381 g/mol. The second kappa shape index (κ2) is 6.66. The van der Waals surface area contributed by atoms with Crippen LogP contribution in [0.2, 0.25) is 5.02 Å². The van der Waals surface area contributed by atoms with Gasteiger partial charge in [-0.05, 0) is 42.8 Å². The summed E-state index contributed by atoms with van der Waals surface area (Å²) in [5.41, 5.74) is 0.737. The molecule has 1 amide bonds. The number of carbonyl (C=O) groups is 1. The molecule has 8 heteroatoms. The molecule has 0 fully saturated rings. The first-order chi connectivity index (χ1) is 11.4. The fraction of sp³-hybridized carbons (Fsp3) is 0.312. The van der Waals surface area contributed by atoms with E-state index in [1.165, 1.54) is 11.3 Å². The third-order valence-electron chi connectivity index (χ3n) is 3.70. The summed E-state index contributed by atoms with van der Waals surface area (Å²) >= 11 is 12.6. The normalized spacial score (nSPS) is 11.5. The van der Waals surface area contributed by atoms with Crippen molar-refractivity contribution in [2.75, 3.05) is 6.54 Å². The zero-order chi connectivity index (χ0) is 17.4. The topological polar surface area (TPSA) is 66.4 Å². The van der Waals surface area contributed by atoms with Crippen molar-refractivity contribution in [1.82, 2.24) is 14.7 Å². The molecule has 3 aromatic rings. The van der Waals surface area contributed by atoms with E-state index in [4.69, 9.17) is 23.8 Å². The minimum absolute atomic E-state index is 0.230. The molecule has 2 N–H and O–H groups in total. The Labute approximate surface area is 152 Å². The fourth-order valence-electron chi connectivity index (χ4n) is 2.47. The van der Waals surface area contributed by atoms with Gasteiger partial charge in [-0.25, -0.2) is 0 Å². The number of amides is 1. The van der Waals surface area contributed by atoms with Crippen LogP contribution in [-0.2, 0) is 0 Å². The maximum Gasteiger partial charge on any atom is 0.265 e. The first kappa shape index (κ1) is 17.1. The van der Waals surface area contributed by atoms with Crippen LogP contribution in [0.15, 0.2) is 23.0 Å². The predicted molar refractivity (Wildman–Crippen MR) is 101 cm³/mol. The number of benzene rings is 1. The summed E-state index contributed by atoms with van der Waals surface area (Å²) in [5.74, 6) is 0.270. The Morgan fingerprint density at radius 2 is 2.21 bits per heavy atom. The summed E-state index contributed by atoms with van der Waals surface area (Å²) in [6.45, 7) is 4.77. The van der Waals surface area contributed by atoms with E-state index in [2.05, 4.69) is 24.1 Å². The smallest absolute Gasteiger partial charge is 0.265 e. The van der Waals surface area contributed by atoms with E-state index >= 15 is 0 Å². The SMILES string of the molecule is CC(C)CCNC(=O)c1sc(=S)n2c1[nH]c(=O)c1ccc(Cl)cc12. The summed E-state index contributed by atoms with van der Waals surface area (Å²) in [5, 5.41) is 3.86. The number of thiazole rings is 1. The molecular formula is C16H16ClN3O2S2. The lowest BCUT2D eigenvalue weighted by molar-refractivity contribution is 0.0957. The molecule has 5 nitrogen and oxygen atoms in total. The molecule has 1 aromatic carbocycles. The van der Waals surface area contributed by atoms with E-state index in [9.17, 15) is 9.59 Å². The second-order valence-electron chi connectivity index (χ2n) is 5.94. The van der Waals surface area contributed by atoms with Crippen molar-refractivity contribution in [3.05, 3.63) is 42.4 Å². The van der Waals surface area contributed by atoms with Gasteiger partial charge in [0.15, 0.2) is 3.95 Å². The predicted octanol–water partition coefficient (Wildman–Crippen LogP) is 4.00. The van der Waals surface area contributed by atoms with E-state index in [-0.39, 0.29) is 11.5 Å². The van der Waals surface area contributed by atoms with E-state index in [0.29, 0.717) is 42.9 Å². The molecule has 0 unspecified atom stereocenters. The Hall–Kier alpha value is -1.70. The van der Waals surface area contributed by atoms with Crippen molar-refractivity contribution in [3.63, 3.8) is 0 Å². The molecule has 0 radical (unpaired) electrons. The number of fused-ring (bicyclic) bond motifs is 3. The van der Waals surface area contributed by atoms with Gasteiger partial charge in [0.05, 0.1) is 10.9 Å². The molecular weight excluding hydrogens is 366 g/mol. The quantitative estimate of drug-likeness (QED) is 0.671. The Morgan fingerprint density at radius 3 is 2.92 bits per heavy atom. The number of rotatable bonds is 4. The van der Waals surface area contributed by atoms with Crippen LogP contribution in [0.4, 0.5) is 0 Å². The molecule has 3 rings (SSSR count). The second-order valence-corrected chi connectivity index (χ2v) is 8.02. The van der Waals surface area contributed by atoms with Crippen LogP contribution >= 0.6 is 35.2 Å². The number of halogens is 1. The Kier molecular flexibility index (Phi) is 4.76. The Bertz CT molecular complexity index is 1050. The van der Waals surface area contributed by atoms with Gasteiger partial charge in [-0.2, -0.15) is 0 Å². The number of aromatic amines is 1. The van der Waals surface area contributed by atoms with E-state index in [0.717, 1.165) is 6.42 Å². The number of hydrogen-bond acceptors (Lipinski definition) is 4.